The molecule has 2 rings (SSSR count). The number of nitrogens with zero attached hydrogens (tertiary/aromatic N) is 1. The van der Waals surface area contributed by atoms with Crippen LogP contribution in [0.2, 0.25) is 10.0 Å². The molecule has 0 N–H and O–H groups in total. The SMILES string of the molecule is Fc1cc(Oc2ccc(Cl)cn2)c(Br)cc1Cl. The van der Waals surface area contributed by atoms with Crippen LogP contribution in [0.25, 0.3) is 0 Å². The van der Waals surface area contributed by atoms with Gasteiger partial charge in [-0.05, 0) is 28.1 Å². The Morgan fingerprint density at radius 2 is 2.00 bits per heavy atom. The Kier molecular flexibility index (Phi) is 3.86. The third kappa shape index (κ3) is 3.09. The van der Waals surface area contributed by atoms with E-state index in [0.717, 1.165) is 0 Å². The van der Waals surface area contributed by atoms with Crippen LogP contribution in [0.5, 0.6) is 11.6 Å². The molecule has 0 amide bonds. The zero-order valence-electron chi connectivity index (χ0n) is 8.25. The van der Waals surface area contributed by atoms with Crippen molar-refractivity contribution in [3.05, 3.63) is 50.8 Å². The van der Waals surface area contributed by atoms with Crippen LogP contribution in [-0.2, 0) is 0 Å². The summed E-state index contributed by atoms with van der Waals surface area (Å²) in [4.78, 5) is 3.94. The molecule has 17 heavy (non-hydrogen) atoms. The highest BCUT2D eigenvalue weighted by Gasteiger charge is 2.09. The summed E-state index contributed by atoms with van der Waals surface area (Å²) in [5, 5.41) is 0.520. The normalized spacial score (nSPS) is 10.4. The first-order valence-corrected chi connectivity index (χ1v) is 6.05. The fraction of sp³-hybridized carbons (Fsp3) is 0. The number of pyridine rings is 1. The Morgan fingerprint density at radius 1 is 1.24 bits per heavy atom. The Hall–Kier alpha value is -0.840. The van der Waals surface area contributed by atoms with Crippen LogP contribution in [0.3, 0.4) is 0 Å². The first-order chi connectivity index (χ1) is 8.06. The molecule has 0 aliphatic rings. The average molecular weight is 337 g/mol. The van der Waals surface area contributed by atoms with Gasteiger partial charge in [-0.3, -0.25) is 0 Å². The van der Waals surface area contributed by atoms with E-state index < -0.39 is 5.82 Å². The highest BCUT2D eigenvalue weighted by atomic mass is 79.9. The molecule has 0 radical (unpaired) electrons. The quantitative estimate of drug-likeness (QED) is 0.713. The summed E-state index contributed by atoms with van der Waals surface area (Å²) < 4.78 is 19.2. The van der Waals surface area contributed by atoms with Crippen LogP contribution in [0, 0.1) is 5.82 Å². The molecule has 0 bridgehead atoms. The van der Waals surface area contributed by atoms with Crippen molar-refractivity contribution >= 4 is 39.1 Å². The highest BCUT2D eigenvalue weighted by molar-refractivity contribution is 9.10. The smallest absolute Gasteiger partial charge is 0.219 e. The second-order valence-electron chi connectivity index (χ2n) is 3.11. The molecule has 0 spiro atoms. The molecule has 6 heteroatoms. The number of benzene rings is 1. The Bertz CT molecular complexity index is 548. The second kappa shape index (κ2) is 5.21. The Labute approximate surface area is 115 Å². The highest BCUT2D eigenvalue weighted by Crippen LogP contribution is 2.33. The van der Waals surface area contributed by atoms with E-state index in [1.807, 2.05) is 0 Å². The molecule has 0 saturated carbocycles. The molecular weight excluding hydrogens is 332 g/mol. The summed E-state index contributed by atoms with van der Waals surface area (Å²) in [6, 6.07) is 5.82. The molecule has 1 aromatic carbocycles. The van der Waals surface area contributed by atoms with Gasteiger partial charge >= 0.3 is 0 Å². The number of halogens is 4. The molecule has 1 aromatic heterocycles. The van der Waals surface area contributed by atoms with Crippen molar-refractivity contribution in [2.75, 3.05) is 0 Å². The molecule has 0 atom stereocenters. The van der Waals surface area contributed by atoms with Gasteiger partial charge in [-0.2, -0.15) is 0 Å². The van der Waals surface area contributed by atoms with Gasteiger partial charge in [0.25, 0.3) is 0 Å². The van der Waals surface area contributed by atoms with Gasteiger partial charge in [-0.25, -0.2) is 9.37 Å². The van der Waals surface area contributed by atoms with E-state index in [0.29, 0.717) is 21.1 Å². The predicted molar refractivity (Wildman–Crippen MR) is 68.4 cm³/mol. The van der Waals surface area contributed by atoms with E-state index >= 15 is 0 Å². The summed E-state index contributed by atoms with van der Waals surface area (Å²) in [5.74, 6) is 0.0531. The monoisotopic (exact) mass is 335 g/mol. The summed E-state index contributed by atoms with van der Waals surface area (Å²) in [7, 11) is 0. The number of hydrogen-bond acceptors (Lipinski definition) is 2. The van der Waals surface area contributed by atoms with Gasteiger partial charge in [0, 0.05) is 18.3 Å². The molecule has 0 aliphatic heterocycles. The Morgan fingerprint density at radius 3 is 2.65 bits per heavy atom. The first-order valence-electron chi connectivity index (χ1n) is 4.50. The lowest BCUT2D eigenvalue weighted by Gasteiger charge is -2.07. The largest absolute Gasteiger partial charge is 0.438 e. The van der Waals surface area contributed by atoms with Gasteiger partial charge in [0.05, 0.1) is 14.5 Å². The average Bonchev–Trinajstić information content (AvgIpc) is 2.29. The molecule has 0 saturated heterocycles. The van der Waals surface area contributed by atoms with Crippen molar-refractivity contribution in [3.63, 3.8) is 0 Å². The number of ether oxygens (including phenoxy) is 1. The molecule has 88 valence electrons. The first kappa shape index (κ1) is 12.6. The van der Waals surface area contributed by atoms with Gasteiger partial charge < -0.3 is 4.74 Å². The summed E-state index contributed by atoms with van der Waals surface area (Å²) in [5.41, 5.74) is 0. The topological polar surface area (TPSA) is 22.1 Å². The van der Waals surface area contributed by atoms with E-state index in [1.54, 1.807) is 12.1 Å². The minimum Gasteiger partial charge on any atom is -0.438 e. The van der Waals surface area contributed by atoms with Crippen molar-refractivity contribution in [2.45, 2.75) is 0 Å². The van der Waals surface area contributed by atoms with E-state index in [9.17, 15) is 4.39 Å². The summed E-state index contributed by atoms with van der Waals surface area (Å²) >= 11 is 14.5. The third-order valence-corrected chi connectivity index (χ3v) is 3.02. The predicted octanol–water partition coefficient (Wildman–Crippen LogP) is 5.08. The number of aromatic nitrogens is 1. The van der Waals surface area contributed by atoms with Crippen LogP contribution in [-0.4, -0.2) is 4.98 Å². The zero-order valence-corrected chi connectivity index (χ0v) is 11.4. The van der Waals surface area contributed by atoms with E-state index in [2.05, 4.69) is 20.9 Å². The molecule has 1 heterocycles. The van der Waals surface area contributed by atoms with Crippen molar-refractivity contribution in [1.29, 1.82) is 0 Å². The van der Waals surface area contributed by atoms with Crippen LogP contribution < -0.4 is 4.74 Å². The van der Waals surface area contributed by atoms with Crippen molar-refractivity contribution < 1.29 is 9.13 Å². The number of hydrogen-bond donors (Lipinski definition) is 0. The maximum absolute atomic E-state index is 13.3. The van der Waals surface area contributed by atoms with Gasteiger partial charge in [0.2, 0.25) is 5.88 Å². The van der Waals surface area contributed by atoms with Gasteiger partial charge in [-0.1, -0.05) is 23.2 Å². The van der Waals surface area contributed by atoms with Gasteiger partial charge in [0.15, 0.2) is 0 Å². The van der Waals surface area contributed by atoms with Crippen LogP contribution in [0.1, 0.15) is 0 Å². The second-order valence-corrected chi connectivity index (χ2v) is 4.81. The molecule has 0 unspecified atom stereocenters. The lowest BCUT2D eigenvalue weighted by molar-refractivity contribution is 0.455. The van der Waals surface area contributed by atoms with Gasteiger partial charge in [0.1, 0.15) is 11.6 Å². The minimum absolute atomic E-state index is 0.0216. The van der Waals surface area contributed by atoms with E-state index in [1.165, 1.54) is 18.3 Å². The van der Waals surface area contributed by atoms with Crippen LogP contribution in [0.4, 0.5) is 4.39 Å². The fourth-order valence-electron chi connectivity index (χ4n) is 1.12. The summed E-state index contributed by atoms with van der Waals surface area (Å²) in [6.07, 6.45) is 1.44. The molecule has 2 nitrogen and oxygen atoms in total. The molecule has 2 aromatic rings. The molecular formula is C11H5BrCl2FNO. The van der Waals surface area contributed by atoms with Gasteiger partial charge in [-0.15, -0.1) is 0 Å². The molecule has 0 fully saturated rings. The standard InChI is InChI=1S/C11H5BrCl2FNO/c12-7-3-8(14)9(15)4-10(7)17-11-2-1-6(13)5-16-11/h1-5H. The van der Waals surface area contributed by atoms with Crippen molar-refractivity contribution in [1.82, 2.24) is 4.98 Å². The minimum atomic E-state index is -0.557. The summed E-state index contributed by atoms with van der Waals surface area (Å²) in [6.45, 7) is 0. The van der Waals surface area contributed by atoms with E-state index in [4.69, 9.17) is 27.9 Å². The maximum Gasteiger partial charge on any atom is 0.219 e. The lowest BCUT2D eigenvalue weighted by Crippen LogP contribution is -1.90. The maximum atomic E-state index is 13.3. The van der Waals surface area contributed by atoms with Crippen LogP contribution in [0.15, 0.2) is 34.9 Å². The van der Waals surface area contributed by atoms with Crippen LogP contribution >= 0.6 is 39.1 Å². The molecule has 0 aliphatic carbocycles. The Balaban J connectivity index is 2.30. The van der Waals surface area contributed by atoms with Crippen molar-refractivity contribution in [3.8, 4) is 11.6 Å². The third-order valence-electron chi connectivity index (χ3n) is 1.89. The zero-order chi connectivity index (χ0) is 12.4. The fourth-order valence-corrected chi connectivity index (χ4v) is 1.95. The van der Waals surface area contributed by atoms with Crippen molar-refractivity contribution in [2.24, 2.45) is 0 Å². The lowest BCUT2D eigenvalue weighted by atomic mass is 10.3. The van der Waals surface area contributed by atoms with E-state index in [-0.39, 0.29) is 5.02 Å². The number of rotatable bonds is 2.